The average molecular weight is 143 g/mol. The molecule has 0 saturated heterocycles. The van der Waals surface area contributed by atoms with E-state index in [0.717, 1.165) is 0 Å². The number of nitrogens with one attached hydrogen (secondary N) is 2. The molecule has 0 fully saturated rings. The van der Waals surface area contributed by atoms with Crippen molar-refractivity contribution in [3.05, 3.63) is 12.8 Å². The largest absolute Gasteiger partial charge is 0.358 e. The molecule has 1 amide bonds. The Balaban J connectivity index is 3.62. The van der Waals surface area contributed by atoms with Crippen molar-refractivity contribution in [3.8, 4) is 0 Å². The van der Waals surface area contributed by atoms with Crippen LogP contribution in [-0.2, 0) is 4.79 Å². The lowest BCUT2D eigenvalue weighted by molar-refractivity contribution is -0.121. The second-order valence-electron chi connectivity index (χ2n) is 1.71. The lowest BCUT2D eigenvalue weighted by atomic mass is 10.6. The summed E-state index contributed by atoms with van der Waals surface area (Å²) in [5.41, 5.74) is 2.77. The maximum Gasteiger partial charge on any atom is 0.240 e. The summed E-state index contributed by atoms with van der Waals surface area (Å²) in [6, 6.07) is 0. The standard InChI is InChI=1S/C6H13N3O/c1-4-9(8-3)5-6(10)7-2/h4,8H,1,5H2,2-3H3,(H,7,10). The number of hydrogen-bond acceptors (Lipinski definition) is 3. The number of hydrazine groups is 1. The summed E-state index contributed by atoms with van der Waals surface area (Å²) >= 11 is 0. The Hall–Kier alpha value is -1.03. The van der Waals surface area contributed by atoms with E-state index in [1.165, 1.54) is 0 Å². The summed E-state index contributed by atoms with van der Waals surface area (Å²) in [5.74, 6) is -0.0470. The van der Waals surface area contributed by atoms with Gasteiger partial charge in [0.2, 0.25) is 5.91 Å². The van der Waals surface area contributed by atoms with Crippen molar-refractivity contribution in [2.45, 2.75) is 0 Å². The van der Waals surface area contributed by atoms with Gasteiger partial charge in [0.15, 0.2) is 0 Å². The molecule has 0 aromatic heterocycles. The summed E-state index contributed by atoms with van der Waals surface area (Å²) in [5, 5.41) is 4.08. The zero-order valence-corrected chi connectivity index (χ0v) is 6.35. The van der Waals surface area contributed by atoms with Gasteiger partial charge in [-0.3, -0.25) is 4.79 Å². The first-order chi connectivity index (χ1) is 4.74. The summed E-state index contributed by atoms with van der Waals surface area (Å²) < 4.78 is 0. The quantitative estimate of drug-likeness (QED) is 0.512. The molecule has 0 aromatic carbocycles. The fourth-order valence-electron chi connectivity index (χ4n) is 0.469. The van der Waals surface area contributed by atoms with Crippen LogP contribution in [0.2, 0.25) is 0 Å². The third-order valence-electron chi connectivity index (χ3n) is 1.10. The van der Waals surface area contributed by atoms with Gasteiger partial charge in [0, 0.05) is 20.3 Å². The van der Waals surface area contributed by atoms with Gasteiger partial charge in [-0.1, -0.05) is 6.58 Å². The zero-order chi connectivity index (χ0) is 7.98. The van der Waals surface area contributed by atoms with E-state index in [2.05, 4.69) is 17.3 Å². The highest BCUT2D eigenvalue weighted by Crippen LogP contribution is 1.78. The van der Waals surface area contributed by atoms with E-state index in [4.69, 9.17) is 0 Å². The van der Waals surface area contributed by atoms with Crippen LogP contribution in [0.3, 0.4) is 0 Å². The van der Waals surface area contributed by atoms with Crippen LogP contribution in [0.25, 0.3) is 0 Å². The molecule has 2 N–H and O–H groups in total. The Morgan fingerprint density at radius 2 is 2.30 bits per heavy atom. The molecule has 0 bridgehead atoms. The van der Waals surface area contributed by atoms with E-state index in [0.29, 0.717) is 0 Å². The molecule has 0 radical (unpaired) electrons. The molecule has 0 atom stereocenters. The highest BCUT2D eigenvalue weighted by Gasteiger charge is 2.00. The number of carbonyl (C=O) groups is 1. The van der Waals surface area contributed by atoms with Crippen molar-refractivity contribution in [1.29, 1.82) is 0 Å². The fourth-order valence-corrected chi connectivity index (χ4v) is 0.469. The first-order valence-corrected chi connectivity index (χ1v) is 3.01. The van der Waals surface area contributed by atoms with Crippen LogP contribution in [-0.4, -0.2) is 31.6 Å². The van der Waals surface area contributed by atoms with Crippen molar-refractivity contribution in [1.82, 2.24) is 15.8 Å². The molecule has 58 valence electrons. The number of carbonyl (C=O) groups excluding carboxylic acids is 1. The minimum atomic E-state index is -0.0470. The Morgan fingerprint density at radius 1 is 1.70 bits per heavy atom. The molecular weight excluding hydrogens is 130 g/mol. The minimum Gasteiger partial charge on any atom is -0.358 e. The van der Waals surface area contributed by atoms with Crippen molar-refractivity contribution in [2.75, 3.05) is 20.6 Å². The lowest BCUT2D eigenvalue weighted by Crippen LogP contribution is -2.38. The van der Waals surface area contributed by atoms with Crippen molar-refractivity contribution >= 4 is 5.91 Å². The predicted molar refractivity (Wildman–Crippen MR) is 40.0 cm³/mol. The molecule has 0 aromatic rings. The zero-order valence-electron chi connectivity index (χ0n) is 6.35. The van der Waals surface area contributed by atoms with Crippen LogP contribution in [0.15, 0.2) is 12.8 Å². The summed E-state index contributed by atoms with van der Waals surface area (Å²) in [6.45, 7) is 3.79. The number of nitrogens with zero attached hydrogens (tertiary/aromatic N) is 1. The second kappa shape index (κ2) is 4.81. The van der Waals surface area contributed by atoms with E-state index in [1.54, 1.807) is 25.3 Å². The van der Waals surface area contributed by atoms with Gasteiger partial charge >= 0.3 is 0 Å². The molecular formula is C6H13N3O. The summed E-state index contributed by atoms with van der Waals surface area (Å²) in [7, 11) is 3.32. The van der Waals surface area contributed by atoms with Gasteiger partial charge in [0.25, 0.3) is 0 Å². The minimum absolute atomic E-state index is 0.0470. The van der Waals surface area contributed by atoms with Gasteiger partial charge in [-0.25, -0.2) is 5.43 Å². The normalized spacial score (nSPS) is 8.60. The number of hydrogen-bond donors (Lipinski definition) is 2. The van der Waals surface area contributed by atoms with Crippen molar-refractivity contribution < 1.29 is 4.79 Å². The topological polar surface area (TPSA) is 44.4 Å². The summed E-state index contributed by atoms with van der Waals surface area (Å²) in [6.07, 6.45) is 1.55. The third kappa shape index (κ3) is 3.09. The van der Waals surface area contributed by atoms with E-state index in [1.807, 2.05) is 0 Å². The van der Waals surface area contributed by atoms with Crippen molar-refractivity contribution in [3.63, 3.8) is 0 Å². The molecule has 10 heavy (non-hydrogen) atoms. The Bertz CT molecular complexity index is 124. The average Bonchev–Trinajstić information content (AvgIpc) is 1.99. The number of likely N-dealkylation sites (N-methyl/N-ethyl adjacent to an activating group) is 1. The van der Waals surface area contributed by atoms with Crippen molar-refractivity contribution in [2.24, 2.45) is 0 Å². The Morgan fingerprint density at radius 3 is 2.60 bits per heavy atom. The molecule has 0 unspecified atom stereocenters. The highest BCUT2D eigenvalue weighted by atomic mass is 16.2. The molecule has 0 aliphatic heterocycles. The van der Waals surface area contributed by atoms with E-state index < -0.39 is 0 Å². The van der Waals surface area contributed by atoms with Crippen LogP contribution in [0.5, 0.6) is 0 Å². The maximum atomic E-state index is 10.7. The smallest absolute Gasteiger partial charge is 0.240 e. The van der Waals surface area contributed by atoms with E-state index >= 15 is 0 Å². The molecule has 0 spiro atoms. The second-order valence-corrected chi connectivity index (χ2v) is 1.71. The van der Waals surface area contributed by atoms with Gasteiger partial charge in [-0.15, -0.1) is 0 Å². The maximum absolute atomic E-state index is 10.7. The summed E-state index contributed by atoms with van der Waals surface area (Å²) in [4.78, 5) is 10.7. The molecule has 0 heterocycles. The molecule has 4 heteroatoms. The van der Waals surface area contributed by atoms with Crippen LogP contribution < -0.4 is 10.7 Å². The van der Waals surface area contributed by atoms with Gasteiger partial charge in [-0.2, -0.15) is 0 Å². The van der Waals surface area contributed by atoms with Crippen LogP contribution in [0.4, 0.5) is 0 Å². The third-order valence-corrected chi connectivity index (χ3v) is 1.10. The molecule has 0 aliphatic rings. The van der Waals surface area contributed by atoms with Crippen LogP contribution in [0, 0.1) is 0 Å². The molecule has 0 rings (SSSR count). The van der Waals surface area contributed by atoms with Crippen LogP contribution >= 0.6 is 0 Å². The first-order valence-electron chi connectivity index (χ1n) is 3.01. The highest BCUT2D eigenvalue weighted by molar-refractivity contribution is 5.77. The fraction of sp³-hybridized carbons (Fsp3) is 0.500. The predicted octanol–water partition coefficient (Wildman–Crippen LogP) is -0.688. The SMILES string of the molecule is C=CN(CC(=O)NC)NC. The Labute approximate surface area is 60.9 Å². The number of rotatable bonds is 4. The van der Waals surface area contributed by atoms with Crippen LogP contribution in [0.1, 0.15) is 0 Å². The van der Waals surface area contributed by atoms with E-state index in [-0.39, 0.29) is 12.5 Å². The lowest BCUT2D eigenvalue weighted by Gasteiger charge is -2.16. The first kappa shape index (κ1) is 8.97. The monoisotopic (exact) mass is 143 g/mol. The van der Waals surface area contributed by atoms with Gasteiger partial charge in [-0.05, 0) is 0 Å². The van der Waals surface area contributed by atoms with Gasteiger partial charge in [0.1, 0.15) is 6.54 Å². The molecule has 0 aliphatic carbocycles. The molecule has 0 saturated carbocycles. The van der Waals surface area contributed by atoms with E-state index in [9.17, 15) is 4.79 Å². The van der Waals surface area contributed by atoms with Gasteiger partial charge < -0.3 is 10.3 Å². The van der Waals surface area contributed by atoms with Gasteiger partial charge in [0.05, 0.1) is 0 Å². The molecule has 4 nitrogen and oxygen atoms in total. The number of amides is 1. The Kier molecular flexibility index (Phi) is 4.32.